The molecule has 0 aromatic heterocycles. The number of rotatable bonds is 5. The number of carbonyl (C=O) groups is 2. The highest BCUT2D eigenvalue weighted by molar-refractivity contribution is 6.34. The van der Waals surface area contributed by atoms with Gasteiger partial charge in [0.15, 0.2) is 0 Å². The monoisotopic (exact) mass is 359 g/mol. The molecule has 1 amide bonds. The predicted molar refractivity (Wildman–Crippen MR) is 95.3 cm³/mol. The van der Waals surface area contributed by atoms with Crippen LogP contribution in [-0.4, -0.2) is 26.1 Å². The third kappa shape index (κ3) is 3.77. The number of halogens is 1. The van der Waals surface area contributed by atoms with Crippen molar-refractivity contribution in [2.75, 3.05) is 19.5 Å². The molecule has 2 aromatic rings. The van der Waals surface area contributed by atoms with Crippen molar-refractivity contribution < 1.29 is 19.1 Å². The maximum absolute atomic E-state index is 12.5. The van der Waals surface area contributed by atoms with Crippen LogP contribution in [0.25, 0.3) is 0 Å². The average Bonchev–Trinajstić information content (AvgIpc) is 3.44. The van der Waals surface area contributed by atoms with Crippen LogP contribution < -0.4 is 10.1 Å². The molecule has 1 fully saturated rings. The summed E-state index contributed by atoms with van der Waals surface area (Å²) < 4.78 is 9.83. The number of hydrogen-bond acceptors (Lipinski definition) is 4. The molecule has 2 atom stereocenters. The zero-order valence-electron chi connectivity index (χ0n) is 13.9. The van der Waals surface area contributed by atoms with Crippen LogP contribution in [0, 0.1) is 5.92 Å². The molecule has 130 valence electrons. The Balaban J connectivity index is 1.68. The highest BCUT2D eigenvalue weighted by Crippen LogP contribution is 2.48. The Bertz CT molecular complexity index is 804. The number of anilines is 1. The lowest BCUT2D eigenvalue weighted by Crippen LogP contribution is -2.15. The SMILES string of the molecule is COC(=O)c1ccc(Cl)c(NC(=O)C2CC2c2ccc(OC)cc2)c1. The van der Waals surface area contributed by atoms with E-state index in [4.69, 9.17) is 16.3 Å². The lowest BCUT2D eigenvalue weighted by molar-refractivity contribution is -0.117. The van der Waals surface area contributed by atoms with Crippen LogP contribution in [0.4, 0.5) is 5.69 Å². The molecular weight excluding hydrogens is 342 g/mol. The minimum absolute atomic E-state index is 0.105. The fourth-order valence-electron chi connectivity index (χ4n) is 2.80. The molecule has 0 saturated heterocycles. The van der Waals surface area contributed by atoms with Gasteiger partial charge in [-0.3, -0.25) is 4.79 Å². The van der Waals surface area contributed by atoms with E-state index in [1.807, 2.05) is 24.3 Å². The number of amides is 1. The zero-order valence-corrected chi connectivity index (χ0v) is 14.7. The molecule has 0 spiro atoms. The second kappa shape index (κ2) is 7.15. The van der Waals surface area contributed by atoms with Crippen LogP contribution in [-0.2, 0) is 9.53 Å². The Hall–Kier alpha value is -2.53. The van der Waals surface area contributed by atoms with Crippen LogP contribution in [0.2, 0.25) is 5.02 Å². The molecule has 0 heterocycles. The molecule has 0 bridgehead atoms. The molecule has 3 rings (SSSR count). The topological polar surface area (TPSA) is 64.6 Å². The lowest BCUT2D eigenvalue weighted by atomic mass is 10.1. The van der Waals surface area contributed by atoms with Gasteiger partial charge in [-0.1, -0.05) is 23.7 Å². The minimum atomic E-state index is -0.477. The molecule has 1 saturated carbocycles. The fourth-order valence-corrected chi connectivity index (χ4v) is 2.96. The van der Waals surface area contributed by atoms with Crippen LogP contribution >= 0.6 is 11.6 Å². The number of methoxy groups -OCH3 is 2. The van der Waals surface area contributed by atoms with Gasteiger partial charge < -0.3 is 14.8 Å². The highest BCUT2D eigenvalue weighted by atomic mass is 35.5. The molecule has 25 heavy (non-hydrogen) atoms. The van der Waals surface area contributed by atoms with Crippen LogP contribution in [0.3, 0.4) is 0 Å². The van der Waals surface area contributed by atoms with Crippen molar-refractivity contribution in [2.45, 2.75) is 12.3 Å². The van der Waals surface area contributed by atoms with Crippen molar-refractivity contribution in [1.29, 1.82) is 0 Å². The fraction of sp³-hybridized carbons (Fsp3) is 0.263. The van der Waals surface area contributed by atoms with E-state index in [0.29, 0.717) is 16.3 Å². The van der Waals surface area contributed by atoms with Crippen molar-refractivity contribution in [3.63, 3.8) is 0 Å². The summed E-state index contributed by atoms with van der Waals surface area (Å²) in [5, 5.41) is 3.19. The summed E-state index contributed by atoms with van der Waals surface area (Å²) in [4.78, 5) is 24.1. The second-order valence-electron chi connectivity index (χ2n) is 5.90. The van der Waals surface area contributed by atoms with Gasteiger partial charge >= 0.3 is 5.97 Å². The molecule has 1 aliphatic carbocycles. The molecule has 1 aliphatic rings. The summed E-state index contributed by atoms with van der Waals surface area (Å²) in [6, 6.07) is 12.4. The molecule has 1 N–H and O–H groups in total. The summed E-state index contributed by atoms with van der Waals surface area (Å²) in [6.07, 6.45) is 0.784. The summed E-state index contributed by atoms with van der Waals surface area (Å²) in [5.41, 5.74) is 1.86. The number of esters is 1. The first-order chi connectivity index (χ1) is 12.0. The van der Waals surface area contributed by atoms with Gasteiger partial charge in [-0.15, -0.1) is 0 Å². The molecule has 5 nitrogen and oxygen atoms in total. The zero-order chi connectivity index (χ0) is 18.0. The van der Waals surface area contributed by atoms with E-state index in [-0.39, 0.29) is 17.7 Å². The smallest absolute Gasteiger partial charge is 0.337 e. The van der Waals surface area contributed by atoms with Gasteiger partial charge in [0.1, 0.15) is 5.75 Å². The van der Waals surface area contributed by atoms with E-state index in [1.54, 1.807) is 19.2 Å². The van der Waals surface area contributed by atoms with Crippen molar-refractivity contribution in [3.05, 3.63) is 58.6 Å². The normalized spacial score (nSPS) is 18.4. The Morgan fingerprint density at radius 1 is 1.12 bits per heavy atom. The Morgan fingerprint density at radius 3 is 2.48 bits per heavy atom. The van der Waals surface area contributed by atoms with E-state index >= 15 is 0 Å². The van der Waals surface area contributed by atoms with Gasteiger partial charge in [0.05, 0.1) is 30.5 Å². The molecule has 2 aromatic carbocycles. The second-order valence-corrected chi connectivity index (χ2v) is 6.30. The van der Waals surface area contributed by atoms with Crippen LogP contribution in [0.5, 0.6) is 5.75 Å². The quantitative estimate of drug-likeness (QED) is 0.823. The van der Waals surface area contributed by atoms with Gasteiger partial charge in [-0.2, -0.15) is 0 Å². The van der Waals surface area contributed by atoms with Crippen molar-refractivity contribution in [2.24, 2.45) is 5.92 Å². The first-order valence-corrected chi connectivity index (χ1v) is 8.24. The summed E-state index contributed by atoms with van der Waals surface area (Å²) in [6.45, 7) is 0. The largest absolute Gasteiger partial charge is 0.497 e. The van der Waals surface area contributed by atoms with Gasteiger partial charge in [0, 0.05) is 5.92 Å². The van der Waals surface area contributed by atoms with Gasteiger partial charge in [0.2, 0.25) is 5.91 Å². The molecular formula is C19H18ClNO4. The predicted octanol–water partition coefficient (Wildman–Crippen LogP) is 3.88. The number of nitrogens with one attached hydrogen (secondary N) is 1. The highest BCUT2D eigenvalue weighted by Gasteiger charge is 2.44. The minimum Gasteiger partial charge on any atom is -0.497 e. The van der Waals surface area contributed by atoms with Crippen molar-refractivity contribution >= 4 is 29.2 Å². The first-order valence-electron chi connectivity index (χ1n) is 7.86. The Morgan fingerprint density at radius 2 is 1.84 bits per heavy atom. The molecule has 0 radical (unpaired) electrons. The van der Waals surface area contributed by atoms with Gasteiger partial charge in [-0.05, 0) is 48.2 Å². The summed E-state index contributed by atoms with van der Waals surface area (Å²) in [5.74, 6) is 0.288. The lowest BCUT2D eigenvalue weighted by Gasteiger charge is -2.09. The maximum atomic E-state index is 12.5. The van der Waals surface area contributed by atoms with Gasteiger partial charge in [0.25, 0.3) is 0 Å². The Labute approximate surface area is 150 Å². The van der Waals surface area contributed by atoms with E-state index in [0.717, 1.165) is 17.7 Å². The molecule has 0 aliphatic heterocycles. The average molecular weight is 360 g/mol. The van der Waals surface area contributed by atoms with Crippen molar-refractivity contribution in [3.8, 4) is 5.75 Å². The molecule has 6 heteroatoms. The number of hydrogen-bond donors (Lipinski definition) is 1. The standard InChI is InChI=1S/C19H18ClNO4/c1-24-13-6-3-11(4-7-13)14-10-15(14)18(22)21-17-9-12(19(23)25-2)5-8-16(17)20/h3-9,14-15H,10H2,1-2H3,(H,21,22). The van der Waals surface area contributed by atoms with E-state index in [9.17, 15) is 9.59 Å². The Kier molecular flexibility index (Phi) is 4.95. The maximum Gasteiger partial charge on any atom is 0.337 e. The summed E-state index contributed by atoms with van der Waals surface area (Å²) >= 11 is 6.12. The first kappa shape index (κ1) is 17.3. The number of benzene rings is 2. The third-order valence-electron chi connectivity index (χ3n) is 4.32. The molecule has 2 unspecified atom stereocenters. The van der Waals surface area contributed by atoms with Crippen LogP contribution in [0.15, 0.2) is 42.5 Å². The number of ether oxygens (including phenoxy) is 2. The van der Waals surface area contributed by atoms with E-state index in [1.165, 1.54) is 13.2 Å². The summed E-state index contributed by atoms with van der Waals surface area (Å²) in [7, 11) is 2.92. The van der Waals surface area contributed by atoms with Crippen molar-refractivity contribution in [1.82, 2.24) is 0 Å². The van der Waals surface area contributed by atoms with Crippen LogP contribution in [0.1, 0.15) is 28.3 Å². The van der Waals surface area contributed by atoms with E-state index in [2.05, 4.69) is 10.1 Å². The number of carbonyl (C=O) groups excluding carboxylic acids is 2. The van der Waals surface area contributed by atoms with Gasteiger partial charge in [-0.25, -0.2) is 4.79 Å². The van der Waals surface area contributed by atoms with E-state index < -0.39 is 5.97 Å². The third-order valence-corrected chi connectivity index (χ3v) is 4.65.